The van der Waals surface area contributed by atoms with Gasteiger partial charge in [0.15, 0.2) is 0 Å². The van der Waals surface area contributed by atoms with Crippen LogP contribution in [0.4, 0.5) is 10.1 Å². The molecule has 1 aliphatic heterocycles. The van der Waals surface area contributed by atoms with Crippen molar-refractivity contribution < 1.29 is 4.39 Å². The van der Waals surface area contributed by atoms with Gasteiger partial charge in [-0.3, -0.25) is 14.9 Å². The molecule has 0 unspecified atom stereocenters. The van der Waals surface area contributed by atoms with Gasteiger partial charge in [-0.1, -0.05) is 6.07 Å². The molecule has 4 heterocycles. The van der Waals surface area contributed by atoms with Crippen LogP contribution in [-0.4, -0.2) is 31.7 Å². The van der Waals surface area contributed by atoms with Crippen LogP contribution in [0.25, 0.3) is 33.1 Å². The standard InChI is InChI=1S/C20H18FN5OS2/c1-9-12(20(2)28-5-6-29-20)8-23-18-14(15(22)19(27)25-16(9)18)10-3-4-13(21)17-11(10)7-24-26-17/h3-4,7-8H,5-6,22H2,1-2H3,(H,24,26)(H,25,27). The van der Waals surface area contributed by atoms with Gasteiger partial charge in [-0.05, 0) is 31.0 Å². The van der Waals surface area contributed by atoms with Crippen LogP contribution in [-0.2, 0) is 4.08 Å². The summed E-state index contributed by atoms with van der Waals surface area (Å²) < 4.78 is 14.1. The Labute approximate surface area is 173 Å². The van der Waals surface area contributed by atoms with Crippen molar-refractivity contribution in [3.05, 3.63) is 51.8 Å². The van der Waals surface area contributed by atoms with Crippen molar-refractivity contribution in [2.45, 2.75) is 17.9 Å². The number of nitrogen functional groups attached to an aromatic ring is 1. The summed E-state index contributed by atoms with van der Waals surface area (Å²) in [6, 6.07) is 2.96. The molecular weight excluding hydrogens is 409 g/mol. The molecule has 3 aromatic heterocycles. The number of benzene rings is 1. The normalized spacial score (nSPS) is 16.1. The molecule has 1 saturated heterocycles. The third-order valence-corrected chi connectivity index (χ3v) is 8.81. The average molecular weight is 428 g/mol. The molecule has 4 N–H and O–H groups in total. The summed E-state index contributed by atoms with van der Waals surface area (Å²) in [5, 5.41) is 7.18. The second kappa shape index (κ2) is 6.50. The van der Waals surface area contributed by atoms with E-state index in [4.69, 9.17) is 10.7 Å². The molecule has 0 atom stereocenters. The Kier molecular flexibility index (Phi) is 4.15. The third kappa shape index (κ3) is 2.67. The zero-order valence-electron chi connectivity index (χ0n) is 15.8. The quantitative estimate of drug-likeness (QED) is 0.444. The minimum absolute atomic E-state index is 0.0575. The molecule has 0 spiro atoms. The Morgan fingerprint density at radius 3 is 2.72 bits per heavy atom. The van der Waals surface area contributed by atoms with Gasteiger partial charge in [0, 0.05) is 34.2 Å². The second-order valence-corrected chi connectivity index (χ2v) is 10.4. The Balaban J connectivity index is 1.86. The summed E-state index contributed by atoms with van der Waals surface area (Å²) in [6.07, 6.45) is 3.41. The van der Waals surface area contributed by atoms with Gasteiger partial charge >= 0.3 is 0 Å². The topological polar surface area (TPSA) is 100 Å². The lowest BCUT2D eigenvalue weighted by molar-refractivity contribution is 0.636. The molecule has 5 rings (SSSR count). The fourth-order valence-corrected chi connectivity index (χ4v) is 6.99. The minimum atomic E-state index is -0.413. The Morgan fingerprint density at radius 2 is 1.97 bits per heavy atom. The predicted octanol–water partition coefficient (Wildman–Crippen LogP) is 4.15. The van der Waals surface area contributed by atoms with Gasteiger partial charge in [0.05, 0.1) is 21.3 Å². The Hall–Kier alpha value is -2.52. The number of halogens is 1. The fourth-order valence-electron chi connectivity index (χ4n) is 3.99. The Morgan fingerprint density at radius 1 is 1.21 bits per heavy atom. The first kappa shape index (κ1) is 18.5. The molecule has 1 fully saturated rings. The first-order chi connectivity index (χ1) is 13.9. The summed E-state index contributed by atoms with van der Waals surface area (Å²) in [4.78, 5) is 20.4. The number of nitrogens with zero attached hydrogens (tertiary/aromatic N) is 2. The number of aromatic nitrogens is 4. The SMILES string of the molecule is Cc1c(C2(C)SCCS2)cnc2c(-c3ccc(F)c4[nH]ncc34)c(N)c(=O)[nH]c12. The van der Waals surface area contributed by atoms with Gasteiger partial charge in [0.25, 0.3) is 5.56 Å². The molecule has 6 nitrogen and oxygen atoms in total. The van der Waals surface area contributed by atoms with E-state index in [0.717, 1.165) is 22.6 Å². The molecule has 29 heavy (non-hydrogen) atoms. The lowest BCUT2D eigenvalue weighted by Crippen LogP contribution is -2.17. The van der Waals surface area contributed by atoms with Gasteiger partial charge in [-0.25, -0.2) is 4.39 Å². The summed E-state index contributed by atoms with van der Waals surface area (Å²) in [5.41, 5.74) is 10.6. The van der Waals surface area contributed by atoms with E-state index in [9.17, 15) is 9.18 Å². The average Bonchev–Trinajstić information content (AvgIpc) is 3.35. The van der Waals surface area contributed by atoms with Gasteiger partial charge in [-0.15, -0.1) is 23.5 Å². The summed E-state index contributed by atoms with van der Waals surface area (Å²) in [6.45, 7) is 4.19. The van der Waals surface area contributed by atoms with E-state index in [1.54, 1.807) is 6.07 Å². The van der Waals surface area contributed by atoms with Crippen LogP contribution >= 0.6 is 23.5 Å². The highest BCUT2D eigenvalue weighted by Crippen LogP contribution is 2.52. The maximum atomic E-state index is 14.2. The van der Waals surface area contributed by atoms with Crippen molar-refractivity contribution in [3.8, 4) is 11.1 Å². The first-order valence-electron chi connectivity index (χ1n) is 9.12. The van der Waals surface area contributed by atoms with Crippen LogP contribution < -0.4 is 11.3 Å². The monoisotopic (exact) mass is 427 g/mol. The number of thioether (sulfide) groups is 2. The van der Waals surface area contributed by atoms with Crippen LogP contribution in [0.15, 0.2) is 29.3 Å². The summed E-state index contributed by atoms with van der Waals surface area (Å²) in [7, 11) is 0. The van der Waals surface area contributed by atoms with Crippen molar-refractivity contribution in [2.75, 3.05) is 17.2 Å². The number of hydrogen-bond acceptors (Lipinski definition) is 6. The summed E-state index contributed by atoms with van der Waals surface area (Å²) >= 11 is 3.77. The number of fused-ring (bicyclic) bond motifs is 2. The number of H-pyrrole nitrogens is 2. The number of nitrogens with two attached hydrogens (primary N) is 1. The van der Waals surface area contributed by atoms with E-state index >= 15 is 0 Å². The molecular formula is C20H18FN5OS2. The molecule has 9 heteroatoms. The van der Waals surface area contributed by atoms with E-state index in [1.165, 1.54) is 12.3 Å². The first-order valence-corrected chi connectivity index (χ1v) is 11.1. The van der Waals surface area contributed by atoms with Crippen LogP contribution in [0.3, 0.4) is 0 Å². The van der Waals surface area contributed by atoms with E-state index in [1.807, 2.05) is 36.6 Å². The maximum Gasteiger partial charge on any atom is 0.272 e. The molecule has 1 aromatic carbocycles. The van der Waals surface area contributed by atoms with E-state index < -0.39 is 5.82 Å². The van der Waals surface area contributed by atoms with Crippen LogP contribution in [0.2, 0.25) is 0 Å². The zero-order valence-corrected chi connectivity index (χ0v) is 17.4. The lowest BCUT2D eigenvalue weighted by Gasteiger charge is -2.25. The number of nitrogens with one attached hydrogen (secondary N) is 2. The molecule has 148 valence electrons. The van der Waals surface area contributed by atoms with Gasteiger partial charge < -0.3 is 10.7 Å². The van der Waals surface area contributed by atoms with Crippen molar-refractivity contribution in [3.63, 3.8) is 0 Å². The van der Waals surface area contributed by atoms with Crippen molar-refractivity contribution in [1.29, 1.82) is 0 Å². The molecule has 1 aliphatic rings. The number of rotatable bonds is 2. The smallest absolute Gasteiger partial charge is 0.272 e. The highest BCUT2D eigenvalue weighted by atomic mass is 32.2. The van der Waals surface area contributed by atoms with E-state index in [2.05, 4.69) is 22.1 Å². The molecule has 0 amide bonds. The highest BCUT2D eigenvalue weighted by Gasteiger charge is 2.35. The minimum Gasteiger partial charge on any atom is -0.394 e. The summed E-state index contributed by atoms with van der Waals surface area (Å²) in [5.74, 6) is 1.75. The number of pyridine rings is 2. The molecule has 0 aliphatic carbocycles. The van der Waals surface area contributed by atoms with Gasteiger partial charge in [-0.2, -0.15) is 5.10 Å². The van der Waals surface area contributed by atoms with Crippen molar-refractivity contribution in [1.82, 2.24) is 20.2 Å². The zero-order chi connectivity index (χ0) is 20.3. The van der Waals surface area contributed by atoms with Crippen LogP contribution in [0.5, 0.6) is 0 Å². The second-order valence-electron chi connectivity index (χ2n) is 7.16. The Bertz CT molecular complexity index is 1340. The van der Waals surface area contributed by atoms with Gasteiger partial charge in [0.1, 0.15) is 17.0 Å². The number of hydrogen-bond donors (Lipinski definition) is 3. The molecule has 0 saturated carbocycles. The number of aryl methyl sites for hydroxylation is 1. The largest absolute Gasteiger partial charge is 0.394 e. The van der Waals surface area contributed by atoms with Crippen molar-refractivity contribution in [2.24, 2.45) is 0 Å². The van der Waals surface area contributed by atoms with Crippen LogP contribution in [0, 0.1) is 12.7 Å². The van der Waals surface area contributed by atoms with E-state index in [0.29, 0.717) is 27.5 Å². The number of aromatic amines is 2. The third-order valence-electron chi connectivity index (χ3n) is 5.49. The maximum absolute atomic E-state index is 14.2. The molecule has 0 bridgehead atoms. The predicted molar refractivity (Wildman–Crippen MR) is 119 cm³/mol. The fraction of sp³-hybridized carbons (Fsp3) is 0.250. The molecule has 4 aromatic rings. The van der Waals surface area contributed by atoms with Crippen LogP contribution in [0.1, 0.15) is 18.1 Å². The van der Waals surface area contributed by atoms with E-state index in [-0.39, 0.29) is 20.8 Å². The van der Waals surface area contributed by atoms with Gasteiger partial charge in [0.2, 0.25) is 0 Å². The highest BCUT2D eigenvalue weighted by molar-refractivity contribution is 8.20. The molecule has 0 radical (unpaired) electrons. The van der Waals surface area contributed by atoms with Crippen molar-refractivity contribution >= 4 is 51.1 Å². The lowest BCUT2D eigenvalue weighted by atomic mass is 9.97. The number of anilines is 1.